The van der Waals surface area contributed by atoms with Crippen molar-refractivity contribution in [1.82, 2.24) is 40.2 Å². The first-order chi connectivity index (χ1) is 16.4. The van der Waals surface area contributed by atoms with E-state index in [1.165, 1.54) is 42.1 Å². The van der Waals surface area contributed by atoms with E-state index in [9.17, 15) is 32.7 Å². The zero-order valence-corrected chi connectivity index (χ0v) is 20.1. The molecule has 2 aromatic heterocycles. The van der Waals surface area contributed by atoms with Crippen LogP contribution in [0.4, 0.5) is 13.2 Å². The Labute approximate surface area is 204 Å². The number of tetrazole rings is 1. The average molecular weight is 533 g/mol. The highest BCUT2D eigenvalue weighted by molar-refractivity contribution is 8.01. The maximum atomic E-state index is 13.0. The topological polar surface area (TPSA) is 148 Å². The Morgan fingerprint density at radius 1 is 1.40 bits per heavy atom. The maximum Gasteiger partial charge on any atom is 0.435 e. The standard InChI is InChI=1S/C18H19F3N8O4S2/c1-7-4-10(18(19,20)21)24-29(7)8(2)13(30)22-11-14(31)28-12(16(32)33)9(5-34-15(11)28)6-35-17-23-25-26-27(17)3/h4,8,11,15H,5-6H2,1-3H3,(H,22,30)(H,32,33)/t8-,11-,15-/m1/s1. The van der Waals surface area contributed by atoms with Crippen LogP contribution in [0.3, 0.4) is 0 Å². The highest BCUT2D eigenvalue weighted by Gasteiger charge is 2.54. The molecule has 2 aromatic rings. The van der Waals surface area contributed by atoms with Crippen molar-refractivity contribution in [3.8, 4) is 0 Å². The number of thioether (sulfide) groups is 2. The Morgan fingerprint density at radius 3 is 2.69 bits per heavy atom. The number of rotatable bonds is 7. The number of aromatic nitrogens is 6. The van der Waals surface area contributed by atoms with Gasteiger partial charge in [0.05, 0.1) is 0 Å². The van der Waals surface area contributed by atoms with Crippen molar-refractivity contribution in [3.05, 3.63) is 28.7 Å². The average Bonchev–Trinajstić information content (AvgIpc) is 3.39. The molecule has 3 atom stereocenters. The molecule has 0 saturated carbocycles. The van der Waals surface area contributed by atoms with Gasteiger partial charge >= 0.3 is 12.1 Å². The Morgan fingerprint density at radius 2 is 2.11 bits per heavy atom. The van der Waals surface area contributed by atoms with Gasteiger partial charge in [-0.25, -0.2) is 9.48 Å². The van der Waals surface area contributed by atoms with Gasteiger partial charge in [0.2, 0.25) is 11.1 Å². The van der Waals surface area contributed by atoms with Crippen molar-refractivity contribution < 1.29 is 32.7 Å². The normalized spacial score (nSPS) is 21.0. The Kier molecular flexibility index (Phi) is 6.56. The first-order valence-electron chi connectivity index (χ1n) is 10.1. The van der Waals surface area contributed by atoms with E-state index in [0.29, 0.717) is 16.5 Å². The molecular formula is C18H19F3N8O4S2. The number of hydrogen-bond acceptors (Lipinski definition) is 9. The Hall–Kier alpha value is -3.08. The number of nitrogens with one attached hydrogen (secondary N) is 1. The monoisotopic (exact) mass is 532 g/mol. The van der Waals surface area contributed by atoms with Gasteiger partial charge in [-0.2, -0.15) is 18.3 Å². The zero-order valence-electron chi connectivity index (χ0n) is 18.5. The van der Waals surface area contributed by atoms with Crippen molar-refractivity contribution >= 4 is 41.3 Å². The first kappa shape index (κ1) is 25.0. The summed E-state index contributed by atoms with van der Waals surface area (Å²) in [6, 6.07) is -1.31. The summed E-state index contributed by atoms with van der Waals surface area (Å²) in [6.45, 7) is 2.75. The summed E-state index contributed by atoms with van der Waals surface area (Å²) < 4.78 is 41.2. The maximum absolute atomic E-state index is 13.0. The molecular weight excluding hydrogens is 513 g/mol. The fourth-order valence-corrected chi connectivity index (χ4v) is 6.03. The third-order valence-corrected chi connectivity index (χ3v) is 7.90. The molecule has 4 heterocycles. The number of alkyl halides is 3. The van der Waals surface area contributed by atoms with E-state index in [-0.39, 0.29) is 17.1 Å². The molecule has 35 heavy (non-hydrogen) atoms. The van der Waals surface area contributed by atoms with Crippen molar-refractivity contribution in [2.75, 3.05) is 11.5 Å². The van der Waals surface area contributed by atoms with Gasteiger partial charge in [-0.3, -0.25) is 19.2 Å². The molecule has 0 spiro atoms. The molecule has 1 fully saturated rings. The third kappa shape index (κ3) is 4.61. The predicted octanol–water partition coefficient (Wildman–Crippen LogP) is 0.826. The number of carboxylic acid groups (broad SMARTS) is 1. The molecule has 17 heteroatoms. The van der Waals surface area contributed by atoms with Crippen LogP contribution in [-0.4, -0.2) is 80.7 Å². The van der Waals surface area contributed by atoms with Gasteiger partial charge in [-0.1, -0.05) is 11.8 Å². The van der Waals surface area contributed by atoms with E-state index >= 15 is 0 Å². The van der Waals surface area contributed by atoms with Crippen LogP contribution >= 0.6 is 23.5 Å². The van der Waals surface area contributed by atoms with Crippen LogP contribution in [0.25, 0.3) is 0 Å². The van der Waals surface area contributed by atoms with Crippen LogP contribution in [0.5, 0.6) is 0 Å². The largest absolute Gasteiger partial charge is 0.477 e. The highest BCUT2D eigenvalue weighted by atomic mass is 32.2. The number of nitrogens with zero attached hydrogens (tertiary/aromatic N) is 7. The van der Waals surface area contributed by atoms with Crippen molar-refractivity contribution in [3.63, 3.8) is 0 Å². The van der Waals surface area contributed by atoms with Crippen molar-refractivity contribution in [2.24, 2.45) is 7.05 Å². The van der Waals surface area contributed by atoms with E-state index in [1.54, 1.807) is 7.05 Å². The highest BCUT2D eigenvalue weighted by Crippen LogP contribution is 2.41. The predicted molar refractivity (Wildman–Crippen MR) is 116 cm³/mol. The lowest BCUT2D eigenvalue weighted by atomic mass is 10.0. The van der Waals surface area contributed by atoms with Crippen LogP contribution in [-0.2, 0) is 27.6 Å². The summed E-state index contributed by atoms with van der Waals surface area (Å²) in [7, 11) is 1.64. The van der Waals surface area contributed by atoms with Gasteiger partial charge in [0.25, 0.3) is 5.91 Å². The van der Waals surface area contributed by atoms with Crippen LogP contribution in [0.2, 0.25) is 0 Å². The lowest BCUT2D eigenvalue weighted by Crippen LogP contribution is -2.71. The molecule has 0 aromatic carbocycles. The molecule has 0 bridgehead atoms. The summed E-state index contributed by atoms with van der Waals surface area (Å²) in [6.07, 6.45) is -4.66. The van der Waals surface area contributed by atoms with E-state index in [2.05, 4.69) is 25.9 Å². The Balaban J connectivity index is 1.46. The minimum absolute atomic E-state index is 0.130. The number of fused-ring (bicyclic) bond motifs is 1. The molecule has 2 aliphatic heterocycles. The number of carbonyl (C=O) groups is 3. The number of carboxylic acids is 1. The van der Waals surface area contributed by atoms with Gasteiger partial charge in [0, 0.05) is 24.2 Å². The van der Waals surface area contributed by atoms with E-state index in [1.807, 2.05) is 0 Å². The van der Waals surface area contributed by atoms with Gasteiger partial charge in [-0.15, -0.1) is 16.9 Å². The van der Waals surface area contributed by atoms with Crippen molar-refractivity contribution in [1.29, 1.82) is 0 Å². The Bertz CT molecular complexity index is 1230. The molecule has 4 rings (SSSR count). The van der Waals surface area contributed by atoms with E-state index < -0.39 is 47.1 Å². The molecule has 12 nitrogen and oxygen atoms in total. The number of β-lactam (4-membered cyclic amide) rings is 1. The SMILES string of the molecule is Cc1cc(C(F)(F)F)nn1[C@H](C)C(=O)N[C@@H]1C(=O)N2C(C(=O)O)=C(CSc3nnnn3C)CS[C@H]12. The number of amides is 2. The van der Waals surface area contributed by atoms with E-state index in [0.717, 1.165) is 15.6 Å². The quantitative estimate of drug-likeness (QED) is 0.388. The van der Waals surface area contributed by atoms with Crippen molar-refractivity contribution in [2.45, 2.75) is 42.6 Å². The summed E-state index contributed by atoms with van der Waals surface area (Å²) >= 11 is 2.50. The number of hydrogen-bond donors (Lipinski definition) is 2. The second kappa shape index (κ2) is 9.18. The summed E-state index contributed by atoms with van der Waals surface area (Å²) in [5.74, 6) is -2.06. The fraction of sp³-hybridized carbons (Fsp3) is 0.500. The number of aliphatic carboxylic acids is 1. The first-order valence-corrected chi connectivity index (χ1v) is 12.1. The molecule has 0 aliphatic carbocycles. The van der Waals surface area contributed by atoms with Crippen LogP contribution in [0.1, 0.15) is 24.4 Å². The third-order valence-electron chi connectivity index (χ3n) is 5.46. The van der Waals surface area contributed by atoms with E-state index in [4.69, 9.17) is 0 Å². The fourth-order valence-electron chi connectivity index (χ4n) is 3.69. The van der Waals surface area contributed by atoms with Gasteiger partial charge in [-0.05, 0) is 35.9 Å². The molecule has 0 radical (unpaired) electrons. The number of halogens is 3. The lowest BCUT2D eigenvalue weighted by Gasteiger charge is -2.49. The molecule has 2 amide bonds. The van der Waals surface area contributed by atoms with Gasteiger partial charge < -0.3 is 10.4 Å². The van der Waals surface area contributed by atoms with Crippen LogP contribution in [0, 0.1) is 6.92 Å². The lowest BCUT2D eigenvalue weighted by molar-refractivity contribution is -0.151. The smallest absolute Gasteiger partial charge is 0.435 e. The number of carbonyl (C=O) groups excluding carboxylic acids is 2. The van der Waals surface area contributed by atoms with Crippen LogP contribution < -0.4 is 5.32 Å². The second-order valence-electron chi connectivity index (χ2n) is 7.82. The minimum Gasteiger partial charge on any atom is -0.477 e. The molecule has 2 N–H and O–H groups in total. The second-order valence-corrected chi connectivity index (χ2v) is 9.86. The molecule has 1 saturated heterocycles. The summed E-state index contributed by atoms with van der Waals surface area (Å²) in [4.78, 5) is 38.7. The van der Waals surface area contributed by atoms with Crippen LogP contribution in [0.15, 0.2) is 22.5 Å². The van der Waals surface area contributed by atoms with Gasteiger partial charge in [0.1, 0.15) is 23.2 Å². The van der Waals surface area contributed by atoms with Gasteiger partial charge in [0.15, 0.2) is 5.69 Å². The molecule has 2 aliphatic rings. The minimum atomic E-state index is -4.66. The number of aryl methyl sites for hydroxylation is 2. The molecule has 0 unspecified atom stereocenters. The summed E-state index contributed by atoms with van der Waals surface area (Å²) in [5, 5.41) is 26.6. The zero-order chi connectivity index (χ0) is 25.7. The molecule has 188 valence electrons. The summed E-state index contributed by atoms with van der Waals surface area (Å²) in [5.41, 5.74) is -0.644.